The minimum Gasteiger partial charge on any atom is -0.299 e. The lowest BCUT2D eigenvalue weighted by atomic mass is 9.97. The number of hydrogen-bond acceptors (Lipinski definition) is 3. The summed E-state index contributed by atoms with van der Waals surface area (Å²) in [5.41, 5.74) is 2.26. The second-order valence-electron chi connectivity index (χ2n) is 5.94. The largest absolute Gasteiger partial charge is 0.299 e. The molecule has 1 unspecified atom stereocenters. The lowest BCUT2D eigenvalue weighted by Gasteiger charge is -2.33. The number of rotatable bonds is 4. The van der Waals surface area contributed by atoms with Crippen LogP contribution in [0.4, 0.5) is 4.39 Å². The van der Waals surface area contributed by atoms with Crippen molar-refractivity contribution in [3.05, 3.63) is 47.5 Å². The van der Waals surface area contributed by atoms with E-state index in [0.717, 1.165) is 37.3 Å². The quantitative estimate of drug-likeness (QED) is 0.867. The first-order valence-electron chi connectivity index (χ1n) is 7.52. The maximum atomic E-state index is 13.4. The fraction of sp³-hybridized carbons (Fsp3) is 0.500. The van der Waals surface area contributed by atoms with E-state index in [1.807, 2.05) is 23.9 Å². The molecule has 3 rings (SSSR count). The van der Waals surface area contributed by atoms with Gasteiger partial charge in [-0.05, 0) is 55.5 Å². The molecule has 112 valence electrons. The molecule has 0 saturated carbocycles. The van der Waals surface area contributed by atoms with Gasteiger partial charge < -0.3 is 0 Å². The molecule has 2 heterocycles. The summed E-state index contributed by atoms with van der Waals surface area (Å²) < 4.78 is 15.3. The molecule has 0 amide bonds. The molecule has 1 aliphatic rings. The summed E-state index contributed by atoms with van der Waals surface area (Å²) in [6.07, 6.45) is 6.04. The molecule has 1 saturated heterocycles. The van der Waals surface area contributed by atoms with Crippen molar-refractivity contribution in [1.82, 2.24) is 19.9 Å². The van der Waals surface area contributed by atoms with Crippen LogP contribution in [0.1, 0.15) is 24.0 Å². The zero-order valence-electron chi connectivity index (χ0n) is 12.4. The molecule has 1 atom stereocenters. The maximum absolute atomic E-state index is 13.4. The second kappa shape index (κ2) is 6.35. The van der Waals surface area contributed by atoms with E-state index >= 15 is 0 Å². The highest BCUT2D eigenvalue weighted by Gasteiger charge is 2.21. The molecular weight excluding hydrogens is 267 g/mol. The molecule has 1 aromatic heterocycles. The molecule has 4 nitrogen and oxygen atoms in total. The Kier molecular flexibility index (Phi) is 4.29. The van der Waals surface area contributed by atoms with Gasteiger partial charge in [0.2, 0.25) is 0 Å². The number of nitrogens with zero attached hydrogens (tertiary/aromatic N) is 4. The van der Waals surface area contributed by atoms with E-state index in [4.69, 9.17) is 0 Å². The third kappa shape index (κ3) is 3.67. The molecule has 1 fully saturated rings. The Bertz CT molecular complexity index is 582. The van der Waals surface area contributed by atoms with E-state index in [9.17, 15) is 4.39 Å². The van der Waals surface area contributed by atoms with Crippen LogP contribution in [0.5, 0.6) is 0 Å². The monoisotopic (exact) mass is 288 g/mol. The minimum absolute atomic E-state index is 0.147. The fourth-order valence-corrected chi connectivity index (χ4v) is 3.09. The average Bonchev–Trinajstić information content (AvgIpc) is 2.96. The summed E-state index contributed by atoms with van der Waals surface area (Å²) in [5, 5.41) is 7.90. The predicted molar refractivity (Wildman–Crippen MR) is 79.2 cm³/mol. The highest BCUT2D eigenvalue weighted by Crippen LogP contribution is 2.21. The summed E-state index contributed by atoms with van der Waals surface area (Å²) in [6.45, 7) is 5.92. The normalized spacial score (nSPS) is 19.8. The Balaban J connectivity index is 1.62. The highest BCUT2D eigenvalue weighted by molar-refractivity contribution is 5.26. The molecule has 0 N–H and O–H groups in total. The molecule has 2 aromatic rings. The van der Waals surface area contributed by atoms with Crippen LogP contribution in [-0.2, 0) is 13.1 Å². The van der Waals surface area contributed by atoms with E-state index in [-0.39, 0.29) is 5.82 Å². The van der Waals surface area contributed by atoms with E-state index in [1.165, 1.54) is 18.9 Å². The number of halogens is 1. The summed E-state index contributed by atoms with van der Waals surface area (Å²) in [5.74, 6) is 0.445. The van der Waals surface area contributed by atoms with Crippen LogP contribution >= 0.6 is 0 Å². The zero-order valence-corrected chi connectivity index (χ0v) is 12.4. The SMILES string of the molecule is Cc1ccc(F)cc1CN1CCCC(Cn2ccnn2)C1. The van der Waals surface area contributed by atoms with E-state index < -0.39 is 0 Å². The van der Waals surface area contributed by atoms with Crippen LogP contribution in [0.25, 0.3) is 0 Å². The number of piperidine rings is 1. The first kappa shape index (κ1) is 14.2. The summed E-state index contributed by atoms with van der Waals surface area (Å²) >= 11 is 0. The highest BCUT2D eigenvalue weighted by atomic mass is 19.1. The molecular formula is C16H21FN4. The van der Waals surface area contributed by atoms with E-state index in [1.54, 1.807) is 12.3 Å². The van der Waals surface area contributed by atoms with Crippen molar-refractivity contribution in [2.45, 2.75) is 32.9 Å². The van der Waals surface area contributed by atoms with Crippen LogP contribution in [0.3, 0.4) is 0 Å². The van der Waals surface area contributed by atoms with Crippen molar-refractivity contribution in [1.29, 1.82) is 0 Å². The number of hydrogen-bond donors (Lipinski definition) is 0. The van der Waals surface area contributed by atoms with Gasteiger partial charge in [-0.3, -0.25) is 9.58 Å². The molecule has 0 radical (unpaired) electrons. The van der Waals surface area contributed by atoms with E-state index in [0.29, 0.717) is 5.92 Å². The summed E-state index contributed by atoms with van der Waals surface area (Å²) in [6, 6.07) is 5.06. The van der Waals surface area contributed by atoms with Crippen molar-refractivity contribution in [3.63, 3.8) is 0 Å². The maximum Gasteiger partial charge on any atom is 0.123 e. The van der Waals surface area contributed by atoms with Gasteiger partial charge in [0.05, 0.1) is 6.20 Å². The average molecular weight is 288 g/mol. The third-order valence-corrected chi connectivity index (χ3v) is 4.23. The standard InChI is InChI=1S/C16H21FN4/c1-13-4-5-16(17)9-15(13)12-20-7-2-3-14(10-20)11-21-8-6-18-19-21/h4-6,8-9,14H,2-3,7,10-12H2,1H3. The van der Waals surface area contributed by atoms with Crippen molar-refractivity contribution >= 4 is 0 Å². The van der Waals surface area contributed by atoms with Crippen molar-refractivity contribution < 1.29 is 4.39 Å². The molecule has 0 bridgehead atoms. The zero-order chi connectivity index (χ0) is 14.7. The Morgan fingerprint density at radius 3 is 3.10 bits per heavy atom. The van der Waals surface area contributed by atoms with Crippen LogP contribution < -0.4 is 0 Å². The lowest BCUT2D eigenvalue weighted by molar-refractivity contribution is 0.152. The molecule has 1 aliphatic heterocycles. The van der Waals surface area contributed by atoms with Crippen LogP contribution in [0.2, 0.25) is 0 Å². The summed E-state index contributed by atoms with van der Waals surface area (Å²) in [7, 11) is 0. The molecule has 1 aromatic carbocycles. The molecule has 0 aliphatic carbocycles. The van der Waals surface area contributed by atoms with Gasteiger partial charge in [-0.15, -0.1) is 5.10 Å². The van der Waals surface area contributed by atoms with Crippen molar-refractivity contribution in [2.24, 2.45) is 5.92 Å². The lowest BCUT2D eigenvalue weighted by Crippen LogP contribution is -2.36. The number of benzene rings is 1. The van der Waals surface area contributed by atoms with Gasteiger partial charge in [-0.1, -0.05) is 11.3 Å². The molecule has 0 spiro atoms. The number of aryl methyl sites for hydroxylation is 1. The second-order valence-corrected chi connectivity index (χ2v) is 5.94. The fourth-order valence-electron chi connectivity index (χ4n) is 3.09. The van der Waals surface area contributed by atoms with Gasteiger partial charge in [0.1, 0.15) is 5.82 Å². The van der Waals surface area contributed by atoms with Gasteiger partial charge in [-0.25, -0.2) is 4.39 Å². The molecule has 5 heteroatoms. The first-order chi connectivity index (χ1) is 10.2. The Hall–Kier alpha value is -1.75. The van der Waals surface area contributed by atoms with Gasteiger partial charge in [0.25, 0.3) is 0 Å². The van der Waals surface area contributed by atoms with Crippen LogP contribution in [0.15, 0.2) is 30.6 Å². The van der Waals surface area contributed by atoms with Gasteiger partial charge >= 0.3 is 0 Å². The number of aromatic nitrogens is 3. The summed E-state index contributed by atoms with van der Waals surface area (Å²) in [4.78, 5) is 2.42. The molecule has 21 heavy (non-hydrogen) atoms. The number of likely N-dealkylation sites (tertiary alicyclic amines) is 1. The van der Waals surface area contributed by atoms with Gasteiger partial charge in [-0.2, -0.15) is 0 Å². The minimum atomic E-state index is -0.147. The smallest absolute Gasteiger partial charge is 0.123 e. The van der Waals surface area contributed by atoms with Gasteiger partial charge in [0.15, 0.2) is 0 Å². The topological polar surface area (TPSA) is 34.0 Å². The van der Waals surface area contributed by atoms with Gasteiger partial charge in [0, 0.05) is 25.8 Å². The van der Waals surface area contributed by atoms with Crippen LogP contribution in [0, 0.1) is 18.7 Å². The third-order valence-electron chi connectivity index (χ3n) is 4.23. The predicted octanol–water partition coefficient (Wildman–Crippen LogP) is 2.64. The Morgan fingerprint density at radius 2 is 2.29 bits per heavy atom. The van der Waals surface area contributed by atoms with Crippen molar-refractivity contribution in [3.8, 4) is 0 Å². The van der Waals surface area contributed by atoms with Crippen LogP contribution in [-0.4, -0.2) is 33.0 Å². The first-order valence-corrected chi connectivity index (χ1v) is 7.52. The Labute approximate surface area is 124 Å². The van der Waals surface area contributed by atoms with Crippen molar-refractivity contribution in [2.75, 3.05) is 13.1 Å². The van der Waals surface area contributed by atoms with E-state index in [2.05, 4.69) is 15.2 Å². The Morgan fingerprint density at radius 1 is 1.38 bits per heavy atom.